The maximum atomic E-state index is 4.74. The molecule has 0 aliphatic heterocycles. The zero-order valence-corrected chi connectivity index (χ0v) is 14.3. The maximum absolute atomic E-state index is 4.74. The molecule has 0 aliphatic carbocycles. The van der Waals surface area contributed by atoms with Gasteiger partial charge in [-0.15, -0.1) is 0 Å². The van der Waals surface area contributed by atoms with E-state index in [1.165, 1.54) is 5.56 Å². The van der Waals surface area contributed by atoms with Gasteiger partial charge in [0.25, 0.3) is 0 Å². The average Bonchev–Trinajstić information content (AvgIpc) is 2.97. The van der Waals surface area contributed by atoms with Gasteiger partial charge in [-0.05, 0) is 37.1 Å². The van der Waals surface area contributed by atoms with Crippen molar-refractivity contribution in [2.75, 3.05) is 5.32 Å². The van der Waals surface area contributed by atoms with Crippen LogP contribution in [-0.2, 0) is 6.54 Å². The lowest BCUT2D eigenvalue weighted by atomic mass is 10.1. The van der Waals surface area contributed by atoms with Crippen LogP contribution in [0.2, 0.25) is 0 Å². The van der Waals surface area contributed by atoms with E-state index in [1.807, 2.05) is 54.8 Å². The molecule has 0 saturated carbocycles. The van der Waals surface area contributed by atoms with Crippen LogP contribution in [-0.4, -0.2) is 19.6 Å². The Hall–Kier alpha value is -3.21. The van der Waals surface area contributed by atoms with Crippen LogP contribution in [0.1, 0.15) is 17.0 Å². The zero-order chi connectivity index (χ0) is 17.2. The molecular formula is C20H19N5. The van der Waals surface area contributed by atoms with E-state index in [2.05, 4.69) is 22.4 Å². The van der Waals surface area contributed by atoms with Gasteiger partial charge < -0.3 is 5.32 Å². The van der Waals surface area contributed by atoms with E-state index < -0.39 is 0 Å². The Labute approximate surface area is 146 Å². The van der Waals surface area contributed by atoms with Crippen molar-refractivity contribution in [3.05, 3.63) is 77.9 Å². The second-order valence-corrected chi connectivity index (χ2v) is 6.05. The van der Waals surface area contributed by atoms with Crippen molar-refractivity contribution < 1.29 is 0 Å². The summed E-state index contributed by atoms with van der Waals surface area (Å²) in [4.78, 5) is 8.80. The van der Waals surface area contributed by atoms with Crippen molar-refractivity contribution in [1.29, 1.82) is 0 Å². The molecule has 4 aromatic rings. The highest BCUT2D eigenvalue weighted by molar-refractivity contribution is 5.80. The molecule has 5 nitrogen and oxygen atoms in total. The van der Waals surface area contributed by atoms with E-state index in [4.69, 9.17) is 10.1 Å². The first-order valence-electron chi connectivity index (χ1n) is 8.27. The summed E-state index contributed by atoms with van der Waals surface area (Å²) in [6, 6.07) is 16.3. The van der Waals surface area contributed by atoms with Gasteiger partial charge in [0, 0.05) is 36.3 Å². The van der Waals surface area contributed by atoms with Crippen LogP contribution in [0.3, 0.4) is 0 Å². The Morgan fingerprint density at radius 1 is 1.00 bits per heavy atom. The van der Waals surface area contributed by atoms with Gasteiger partial charge in [0.2, 0.25) is 0 Å². The normalized spacial score (nSPS) is 11.0. The Bertz CT molecular complexity index is 1010. The van der Waals surface area contributed by atoms with E-state index in [-0.39, 0.29) is 0 Å². The predicted molar refractivity (Wildman–Crippen MR) is 99.5 cm³/mol. The number of pyridine rings is 1. The predicted octanol–water partition coefficient (Wildman–Crippen LogP) is 4.02. The van der Waals surface area contributed by atoms with Crippen molar-refractivity contribution in [1.82, 2.24) is 19.6 Å². The van der Waals surface area contributed by atoms with Crippen molar-refractivity contribution >= 4 is 11.5 Å². The first-order chi connectivity index (χ1) is 12.2. The molecule has 0 aliphatic rings. The van der Waals surface area contributed by atoms with Crippen LogP contribution in [0.4, 0.5) is 5.82 Å². The number of hydrogen-bond donors (Lipinski definition) is 1. The number of rotatable bonds is 4. The van der Waals surface area contributed by atoms with Crippen LogP contribution in [0, 0.1) is 13.8 Å². The van der Waals surface area contributed by atoms with Crippen LogP contribution in [0.25, 0.3) is 16.8 Å². The van der Waals surface area contributed by atoms with Gasteiger partial charge in [-0.3, -0.25) is 4.98 Å². The highest BCUT2D eigenvalue weighted by Crippen LogP contribution is 2.29. The topological polar surface area (TPSA) is 55.1 Å². The molecule has 0 saturated heterocycles. The Kier molecular flexibility index (Phi) is 3.90. The highest BCUT2D eigenvalue weighted by Gasteiger charge is 2.15. The van der Waals surface area contributed by atoms with Crippen molar-refractivity contribution in [3.8, 4) is 11.1 Å². The molecule has 0 atom stereocenters. The minimum absolute atomic E-state index is 0.709. The smallest absolute Gasteiger partial charge is 0.165 e. The van der Waals surface area contributed by atoms with Crippen LogP contribution in [0.5, 0.6) is 0 Å². The highest BCUT2D eigenvalue weighted by atomic mass is 15.3. The van der Waals surface area contributed by atoms with Crippen LogP contribution < -0.4 is 5.32 Å². The molecule has 124 valence electrons. The summed E-state index contributed by atoms with van der Waals surface area (Å²) in [6.07, 6.45) is 3.60. The van der Waals surface area contributed by atoms with Crippen LogP contribution in [0.15, 0.2) is 60.9 Å². The van der Waals surface area contributed by atoms with E-state index in [0.29, 0.717) is 6.54 Å². The van der Waals surface area contributed by atoms with Gasteiger partial charge in [-0.25, -0.2) is 4.98 Å². The molecule has 25 heavy (non-hydrogen) atoms. The molecule has 4 rings (SSSR count). The molecule has 0 radical (unpaired) electrons. The number of nitrogens with one attached hydrogen (secondary N) is 1. The lowest BCUT2D eigenvalue weighted by Gasteiger charge is -2.10. The molecular weight excluding hydrogens is 310 g/mol. The fourth-order valence-electron chi connectivity index (χ4n) is 3.01. The van der Waals surface area contributed by atoms with E-state index in [0.717, 1.165) is 34.0 Å². The van der Waals surface area contributed by atoms with Crippen molar-refractivity contribution in [2.45, 2.75) is 20.4 Å². The molecule has 0 spiro atoms. The standard InChI is InChI=1S/C20H19N5/c1-14-12-18(22-13-16-8-10-21-11-9-16)25-20(23-14)19(15(2)24-25)17-6-4-3-5-7-17/h3-12,22H,13H2,1-2H3. The Morgan fingerprint density at radius 3 is 2.52 bits per heavy atom. The number of anilines is 1. The number of nitrogens with zero attached hydrogens (tertiary/aromatic N) is 4. The third-order valence-electron chi connectivity index (χ3n) is 4.18. The number of aromatic nitrogens is 4. The minimum atomic E-state index is 0.709. The fraction of sp³-hybridized carbons (Fsp3) is 0.150. The summed E-state index contributed by atoms with van der Waals surface area (Å²) in [5.41, 5.74) is 6.19. The SMILES string of the molecule is Cc1cc(NCc2ccncc2)n2nc(C)c(-c3ccccc3)c2n1. The monoisotopic (exact) mass is 329 g/mol. The maximum Gasteiger partial charge on any atom is 0.165 e. The van der Waals surface area contributed by atoms with E-state index in [1.54, 1.807) is 12.4 Å². The first-order valence-corrected chi connectivity index (χ1v) is 8.27. The zero-order valence-electron chi connectivity index (χ0n) is 14.3. The summed E-state index contributed by atoms with van der Waals surface area (Å²) in [7, 11) is 0. The lowest BCUT2D eigenvalue weighted by molar-refractivity contribution is 0.899. The number of hydrogen-bond acceptors (Lipinski definition) is 4. The molecule has 1 aromatic carbocycles. The van der Waals surface area contributed by atoms with Gasteiger partial charge in [0.1, 0.15) is 5.82 Å². The summed E-state index contributed by atoms with van der Waals surface area (Å²) >= 11 is 0. The molecule has 1 N–H and O–H groups in total. The van der Waals surface area contributed by atoms with Crippen molar-refractivity contribution in [2.24, 2.45) is 0 Å². The molecule has 0 bridgehead atoms. The lowest BCUT2D eigenvalue weighted by Crippen LogP contribution is -2.07. The molecule has 0 unspecified atom stereocenters. The van der Waals surface area contributed by atoms with E-state index >= 15 is 0 Å². The third kappa shape index (κ3) is 2.96. The number of aryl methyl sites for hydroxylation is 2. The molecule has 0 amide bonds. The van der Waals surface area contributed by atoms with Crippen LogP contribution >= 0.6 is 0 Å². The Balaban J connectivity index is 1.78. The second kappa shape index (κ2) is 6.36. The third-order valence-corrected chi connectivity index (χ3v) is 4.18. The minimum Gasteiger partial charge on any atom is -0.366 e. The molecule has 3 aromatic heterocycles. The quantitative estimate of drug-likeness (QED) is 0.614. The summed E-state index contributed by atoms with van der Waals surface area (Å²) in [5, 5.41) is 8.19. The molecule has 5 heteroatoms. The first kappa shape index (κ1) is 15.3. The Morgan fingerprint density at radius 2 is 1.76 bits per heavy atom. The van der Waals surface area contributed by atoms with Gasteiger partial charge in [0.05, 0.1) is 5.69 Å². The van der Waals surface area contributed by atoms with E-state index in [9.17, 15) is 0 Å². The fourth-order valence-corrected chi connectivity index (χ4v) is 3.01. The second-order valence-electron chi connectivity index (χ2n) is 6.05. The molecule has 0 fully saturated rings. The summed E-state index contributed by atoms with van der Waals surface area (Å²) < 4.78 is 1.89. The number of fused-ring (bicyclic) bond motifs is 1. The van der Waals surface area contributed by atoms with Gasteiger partial charge in [0.15, 0.2) is 5.65 Å². The molecule has 3 heterocycles. The average molecular weight is 329 g/mol. The van der Waals surface area contributed by atoms with Crippen molar-refractivity contribution in [3.63, 3.8) is 0 Å². The largest absolute Gasteiger partial charge is 0.366 e. The van der Waals surface area contributed by atoms with Gasteiger partial charge >= 0.3 is 0 Å². The van der Waals surface area contributed by atoms with Gasteiger partial charge in [-0.1, -0.05) is 30.3 Å². The summed E-state index contributed by atoms with van der Waals surface area (Å²) in [5.74, 6) is 0.935. The van der Waals surface area contributed by atoms with Gasteiger partial charge in [-0.2, -0.15) is 9.61 Å². The summed E-state index contributed by atoms with van der Waals surface area (Å²) in [6.45, 7) is 4.74. The number of benzene rings is 1.